The number of allylic oxidation sites excluding steroid dienone is 1. The molecule has 3 rings (SSSR count). The van der Waals surface area contributed by atoms with Gasteiger partial charge in [0.2, 0.25) is 0 Å². The molecule has 2 aliphatic rings. The molecule has 1 amide bonds. The van der Waals surface area contributed by atoms with E-state index >= 15 is 0 Å². The highest BCUT2D eigenvalue weighted by Gasteiger charge is 2.34. The van der Waals surface area contributed by atoms with Crippen LogP contribution in [0.5, 0.6) is 5.75 Å². The molecule has 0 saturated carbocycles. The van der Waals surface area contributed by atoms with Crippen molar-refractivity contribution in [1.82, 2.24) is 15.5 Å². The molecule has 6 nitrogen and oxygen atoms in total. The fourth-order valence-corrected chi connectivity index (χ4v) is 3.42. The third kappa shape index (κ3) is 3.77. The molecule has 0 radical (unpaired) electrons. The first-order valence-electron chi connectivity index (χ1n) is 8.48. The summed E-state index contributed by atoms with van der Waals surface area (Å²) in [6, 6.07) is 7.41. The number of amides is 1. The van der Waals surface area contributed by atoms with Gasteiger partial charge in [-0.15, -0.1) is 0 Å². The summed E-state index contributed by atoms with van der Waals surface area (Å²) in [5.74, 6) is 0.756. The quantitative estimate of drug-likeness (QED) is 0.797. The monoisotopic (exact) mass is 361 g/mol. The summed E-state index contributed by atoms with van der Waals surface area (Å²) in [7, 11) is 0. The summed E-state index contributed by atoms with van der Waals surface area (Å²) < 4.78 is 11.1. The Morgan fingerprint density at radius 3 is 2.80 bits per heavy atom. The van der Waals surface area contributed by atoms with E-state index in [-0.39, 0.29) is 11.9 Å². The van der Waals surface area contributed by atoms with Crippen LogP contribution in [0.3, 0.4) is 0 Å². The second-order valence-electron chi connectivity index (χ2n) is 5.95. The van der Waals surface area contributed by atoms with Crippen LogP contribution in [0.4, 0.5) is 0 Å². The maximum Gasteiger partial charge on any atom is 0.254 e. The average Bonchev–Trinajstić information content (AvgIpc) is 2.62. The van der Waals surface area contributed by atoms with Crippen LogP contribution >= 0.6 is 12.2 Å². The first-order chi connectivity index (χ1) is 12.1. The Morgan fingerprint density at radius 1 is 1.36 bits per heavy atom. The second-order valence-corrected chi connectivity index (χ2v) is 6.35. The number of hydrogen-bond donors (Lipinski definition) is 2. The minimum absolute atomic E-state index is 0.000369. The van der Waals surface area contributed by atoms with Crippen molar-refractivity contribution in [2.45, 2.75) is 19.9 Å². The Kier molecular flexibility index (Phi) is 5.55. The molecule has 0 aromatic heterocycles. The van der Waals surface area contributed by atoms with Gasteiger partial charge in [0, 0.05) is 24.4 Å². The fraction of sp³-hybridized carbons (Fsp3) is 0.444. The number of para-hydroxylation sites is 1. The van der Waals surface area contributed by atoms with Crippen molar-refractivity contribution in [2.24, 2.45) is 0 Å². The molecule has 1 fully saturated rings. The van der Waals surface area contributed by atoms with E-state index in [1.165, 1.54) is 0 Å². The Bertz CT molecular complexity index is 699. The number of nitrogens with one attached hydrogen (secondary N) is 2. The summed E-state index contributed by atoms with van der Waals surface area (Å²) in [6.45, 7) is 6.71. The number of carbonyl (C=O) groups excluding carboxylic acids is 1. The highest BCUT2D eigenvalue weighted by atomic mass is 32.1. The second kappa shape index (κ2) is 7.84. The highest BCUT2D eigenvalue weighted by molar-refractivity contribution is 7.80. The molecule has 1 aromatic carbocycles. The summed E-state index contributed by atoms with van der Waals surface area (Å²) in [6.07, 6.45) is 0. The minimum atomic E-state index is -0.341. The van der Waals surface area contributed by atoms with Gasteiger partial charge < -0.3 is 25.0 Å². The summed E-state index contributed by atoms with van der Waals surface area (Å²) >= 11 is 5.32. The van der Waals surface area contributed by atoms with Gasteiger partial charge in [0.15, 0.2) is 5.11 Å². The Balaban J connectivity index is 1.99. The van der Waals surface area contributed by atoms with Gasteiger partial charge >= 0.3 is 0 Å². The van der Waals surface area contributed by atoms with Gasteiger partial charge in [-0.3, -0.25) is 4.79 Å². The molecule has 7 heteroatoms. The molecule has 1 atom stereocenters. The number of carbonyl (C=O) groups is 1. The number of morpholine rings is 1. The molecular formula is C18H23N3O3S. The van der Waals surface area contributed by atoms with Crippen LogP contribution in [0.2, 0.25) is 0 Å². The number of benzene rings is 1. The molecule has 0 spiro atoms. The third-order valence-electron chi connectivity index (χ3n) is 4.33. The zero-order chi connectivity index (χ0) is 17.8. The Morgan fingerprint density at radius 2 is 2.08 bits per heavy atom. The predicted octanol–water partition coefficient (Wildman–Crippen LogP) is 1.74. The molecule has 0 aliphatic carbocycles. The zero-order valence-corrected chi connectivity index (χ0v) is 15.3. The molecule has 2 heterocycles. The van der Waals surface area contributed by atoms with Crippen molar-refractivity contribution in [3.8, 4) is 5.75 Å². The maximum absolute atomic E-state index is 13.2. The smallest absolute Gasteiger partial charge is 0.254 e. The standard InChI is InChI=1S/C18H23N3O3S/c1-3-24-14-7-5-4-6-13(14)16-15(12(2)19-18(25)20-16)17(22)21-8-10-23-11-9-21/h4-7,16H,3,8-11H2,1-2H3,(H2,19,20,25)/t16-/m0/s1. The normalized spacial score (nSPS) is 20.8. The first-order valence-corrected chi connectivity index (χ1v) is 8.89. The van der Waals surface area contributed by atoms with Gasteiger partial charge in [0.25, 0.3) is 5.91 Å². The van der Waals surface area contributed by atoms with Crippen LogP contribution in [0, 0.1) is 0 Å². The Hall–Kier alpha value is -2.12. The molecular weight excluding hydrogens is 338 g/mol. The van der Waals surface area contributed by atoms with E-state index < -0.39 is 0 Å². The minimum Gasteiger partial charge on any atom is -0.494 e. The van der Waals surface area contributed by atoms with Crippen molar-refractivity contribution >= 4 is 23.2 Å². The topological polar surface area (TPSA) is 62.8 Å². The van der Waals surface area contributed by atoms with Gasteiger partial charge in [-0.1, -0.05) is 18.2 Å². The molecule has 134 valence electrons. The lowest BCUT2D eigenvalue weighted by Crippen LogP contribution is -2.49. The number of hydrogen-bond acceptors (Lipinski definition) is 4. The average molecular weight is 361 g/mol. The van der Waals surface area contributed by atoms with Gasteiger partial charge in [-0.25, -0.2) is 0 Å². The molecule has 2 N–H and O–H groups in total. The van der Waals surface area contributed by atoms with Crippen molar-refractivity contribution in [3.05, 3.63) is 41.1 Å². The lowest BCUT2D eigenvalue weighted by atomic mass is 9.93. The van der Waals surface area contributed by atoms with E-state index in [0.29, 0.717) is 43.6 Å². The summed E-state index contributed by atoms with van der Waals surface area (Å²) in [5.41, 5.74) is 2.35. The van der Waals surface area contributed by atoms with Crippen LogP contribution in [0.15, 0.2) is 35.5 Å². The zero-order valence-electron chi connectivity index (χ0n) is 14.5. The first kappa shape index (κ1) is 17.7. The molecule has 1 saturated heterocycles. The molecule has 0 bridgehead atoms. The molecule has 0 unspecified atom stereocenters. The number of ether oxygens (including phenoxy) is 2. The van der Waals surface area contributed by atoms with E-state index in [0.717, 1.165) is 17.0 Å². The van der Waals surface area contributed by atoms with E-state index in [9.17, 15) is 4.79 Å². The fourth-order valence-electron chi connectivity index (χ4n) is 3.15. The van der Waals surface area contributed by atoms with E-state index in [4.69, 9.17) is 21.7 Å². The van der Waals surface area contributed by atoms with Gasteiger partial charge in [-0.2, -0.15) is 0 Å². The van der Waals surface area contributed by atoms with Crippen molar-refractivity contribution < 1.29 is 14.3 Å². The van der Waals surface area contributed by atoms with Gasteiger partial charge in [-0.05, 0) is 32.1 Å². The van der Waals surface area contributed by atoms with Crippen LogP contribution in [0.25, 0.3) is 0 Å². The number of nitrogens with zero attached hydrogens (tertiary/aromatic N) is 1. The Labute approximate surface area is 153 Å². The number of rotatable bonds is 4. The van der Waals surface area contributed by atoms with Crippen LogP contribution < -0.4 is 15.4 Å². The molecule has 2 aliphatic heterocycles. The van der Waals surface area contributed by atoms with Crippen LogP contribution in [-0.2, 0) is 9.53 Å². The van der Waals surface area contributed by atoms with Crippen molar-refractivity contribution in [1.29, 1.82) is 0 Å². The lowest BCUT2D eigenvalue weighted by molar-refractivity contribution is -0.131. The largest absolute Gasteiger partial charge is 0.494 e. The third-order valence-corrected chi connectivity index (χ3v) is 4.55. The van der Waals surface area contributed by atoms with E-state index in [2.05, 4.69) is 10.6 Å². The summed E-state index contributed by atoms with van der Waals surface area (Å²) in [4.78, 5) is 15.0. The van der Waals surface area contributed by atoms with Crippen molar-refractivity contribution in [3.63, 3.8) is 0 Å². The molecule has 1 aromatic rings. The van der Waals surface area contributed by atoms with E-state index in [1.807, 2.05) is 43.0 Å². The van der Waals surface area contributed by atoms with Gasteiger partial charge in [0.1, 0.15) is 5.75 Å². The summed E-state index contributed by atoms with van der Waals surface area (Å²) in [5, 5.41) is 6.82. The SMILES string of the molecule is CCOc1ccccc1[C@@H]1NC(=S)NC(C)=C1C(=O)N1CCOCC1. The lowest BCUT2D eigenvalue weighted by Gasteiger charge is -2.35. The highest BCUT2D eigenvalue weighted by Crippen LogP contribution is 2.34. The number of thiocarbonyl (C=S) groups is 1. The van der Waals surface area contributed by atoms with Crippen LogP contribution in [-0.4, -0.2) is 48.8 Å². The van der Waals surface area contributed by atoms with Gasteiger partial charge in [0.05, 0.1) is 31.4 Å². The van der Waals surface area contributed by atoms with Crippen LogP contribution in [0.1, 0.15) is 25.5 Å². The van der Waals surface area contributed by atoms with Crippen molar-refractivity contribution in [2.75, 3.05) is 32.9 Å². The maximum atomic E-state index is 13.2. The molecule has 25 heavy (non-hydrogen) atoms. The predicted molar refractivity (Wildman–Crippen MR) is 99.3 cm³/mol. The van der Waals surface area contributed by atoms with E-state index in [1.54, 1.807) is 0 Å².